The van der Waals surface area contributed by atoms with Crippen LogP contribution in [0.25, 0.3) is 0 Å². The topological polar surface area (TPSA) is 9.23 Å². The first-order valence-electron chi connectivity index (χ1n) is 11.1. The Morgan fingerprint density at radius 1 is 0.926 bits per heavy atom. The highest BCUT2D eigenvalue weighted by atomic mass is 19.2. The van der Waals surface area contributed by atoms with Crippen LogP contribution in [0.4, 0.5) is 8.78 Å². The first-order chi connectivity index (χ1) is 13.0. The van der Waals surface area contributed by atoms with Gasteiger partial charge in [0.05, 0.1) is 6.61 Å². The van der Waals surface area contributed by atoms with Gasteiger partial charge in [-0.05, 0) is 87.7 Å². The number of halogens is 2. The van der Waals surface area contributed by atoms with E-state index >= 15 is 0 Å². The maximum atomic E-state index is 14.6. The van der Waals surface area contributed by atoms with Crippen LogP contribution in [0.1, 0.15) is 85.0 Å². The summed E-state index contributed by atoms with van der Waals surface area (Å²) in [5.41, 5.74) is 0.316. The molecule has 0 saturated heterocycles. The lowest BCUT2D eigenvalue weighted by Crippen LogP contribution is -2.26. The van der Waals surface area contributed by atoms with E-state index in [1.807, 2.05) is 0 Å². The molecule has 0 aromatic carbocycles. The fourth-order valence-electron chi connectivity index (χ4n) is 5.15. The zero-order chi connectivity index (χ0) is 19.8. The van der Waals surface area contributed by atoms with E-state index in [4.69, 9.17) is 4.74 Å². The van der Waals surface area contributed by atoms with Crippen molar-refractivity contribution < 1.29 is 13.5 Å². The minimum atomic E-state index is -0.902. The van der Waals surface area contributed by atoms with Gasteiger partial charge < -0.3 is 4.74 Å². The van der Waals surface area contributed by atoms with E-state index in [9.17, 15) is 8.78 Å². The fourth-order valence-corrected chi connectivity index (χ4v) is 5.15. The number of allylic oxidation sites excluding steroid dienone is 4. The van der Waals surface area contributed by atoms with Crippen LogP contribution in [0, 0.1) is 23.7 Å². The molecule has 0 aromatic heterocycles. The summed E-state index contributed by atoms with van der Waals surface area (Å²) in [6.07, 6.45) is 13.8. The maximum Gasteiger partial charge on any atom is 0.200 e. The molecule has 2 aliphatic rings. The molecule has 2 fully saturated rings. The summed E-state index contributed by atoms with van der Waals surface area (Å²) in [5.74, 6) is 0.869. The molecule has 0 aromatic rings. The number of rotatable bonds is 8. The van der Waals surface area contributed by atoms with Crippen molar-refractivity contribution in [3.8, 4) is 0 Å². The predicted molar refractivity (Wildman–Crippen MR) is 110 cm³/mol. The van der Waals surface area contributed by atoms with E-state index in [2.05, 4.69) is 13.5 Å². The number of ether oxygens (including phenoxy) is 1. The molecule has 0 radical (unpaired) electrons. The molecule has 0 bridgehead atoms. The molecule has 0 atom stereocenters. The quantitative estimate of drug-likeness (QED) is 0.306. The third-order valence-corrected chi connectivity index (χ3v) is 6.77. The highest BCUT2D eigenvalue weighted by molar-refractivity contribution is 5.35. The molecular weight excluding hydrogens is 342 g/mol. The van der Waals surface area contributed by atoms with Crippen LogP contribution in [0.3, 0.4) is 0 Å². The lowest BCUT2D eigenvalue weighted by molar-refractivity contribution is 0.150. The minimum absolute atomic E-state index is 0.0197. The highest BCUT2D eigenvalue weighted by Gasteiger charge is 2.32. The standard InChI is InChI=1S/C24H38F2O/c1-5-8-18-9-11-20(12-10-18)21-15-13-19(14-16-21)17(4)23(25)24(26)22(6-2)27-7-3/h6,18-21H,4-5,7-16H2,1-3H3/b22-6+,24-23-. The third-order valence-electron chi connectivity index (χ3n) is 6.77. The molecule has 3 heteroatoms. The smallest absolute Gasteiger partial charge is 0.200 e. The average molecular weight is 381 g/mol. The molecule has 0 unspecified atom stereocenters. The molecule has 27 heavy (non-hydrogen) atoms. The Morgan fingerprint density at radius 2 is 1.48 bits per heavy atom. The molecule has 154 valence electrons. The molecule has 0 amide bonds. The highest BCUT2D eigenvalue weighted by Crippen LogP contribution is 2.44. The predicted octanol–water partition coefficient (Wildman–Crippen LogP) is 8.05. The third kappa shape index (κ3) is 5.93. The Bertz CT molecular complexity index is 533. The summed E-state index contributed by atoms with van der Waals surface area (Å²) >= 11 is 0. The van der Waals surface area contributed by atoms with Crippen molar-refractivity contribution in [3.05, 3.63) is 35.6 Å². The normalized spacial score (nSPS) is 30.6. The van der Waals surface area contributed by atoms with Gasteiger partial charge in [-0.25, -0.2) is 4.39 Å². The molecule has 0 N–H and O–H groups in total. The van der Waals surface area contributed by atoms with Crippen molar-refractivity contribution >= 4 is 0 Å². The molecule has 0 heterocycles. The fraction of sp³-hybridized carbons (Fsp3) is 0.750. The SMILES string of the molecule is C=C(/C(F)=C(F)\C(=C/C)OCC)C1CCC(C2CCC(CCC)CC2)CC1. The number of hydrogen-bond acceptors (Lipinski definition) is 1. The largest absolute Gasteiger partial charge is 0.491 e. The minimum Gasteiger partial charge on any atom is -0.491 e. The van der Waals surface area contributed by atoms with Crippen LogP contribution < -0.4 is 0 Å². The van der Waals surface area contributed by atoms with Crippen molar-refractivity contribution in [2.24, 2.45) is 23.7 Å². The zero-order valence-corrected chi connectivity index (χ0v) is 17.5. The second-order valence-corrected chi connectivity index (χ2v) is 8.42. The Kier molecular flexibility index (Phi) is 9.05. The van der Waals surface area contributed by atoms with E-state index in [1.165, 1.54) is 44.6 Å². The van der Waals surface area contributed by atoms with E-state index in [0.717, 1.165) is 43.4 Å². The first kappa shape index (κ1) is 22.2. The molecule has 0 aliphatic heterocycles. The van der Waals surface area contributed by atoms with Gasteiger partial charge >= 0.3 is 0 Å². The van der Waals surface area contributed by atoms with E-state index in [1.54, 1.807) is 13.8 Å². The second-order valence-electron chi connectivity index (χ2n) is 8.42. The van der Waals surface area contributed by atoms with Gasteiger partial charge in [0, 0.05) is 0 Å². The van der Waals surface area contributed by atoms with Gasteiger partial charge in [-0.2, -0.15) is 4.39 Å². The van der Waals surface area contributed by atoms with Crippen LogP contribution >= 0.6 is 0 Å². The van der Waals surface area contributed by atoms with Crippen LogP contribution in [0.15, 0.2) is 35.6 Å². The monoisotopic (exact) mass is 380 g/mol. The van der Waals surface area contributed by atoms with Gasteiger partial charge in [0.15, 0.2) is 11.6 Å². The van der Waals surface area contributed by atoms with E-state index in [-0.39, 0.29) is 11.7 Å². The molecule has 2 saturated carbocycles. The van der Waals surface area contributed by atoms with E-state index in [0.29, 0.717) is 12.2 Å². The molecule has 1 nitrogen and oxygen atoms in total. The van der Waals surface area contributed by atoms with Crippen molar-refractivity contribution in [1.82, 2.24) is 0 Å². The number of hydrogen-bond donors (Lipinski definition) is 0. The summed E-state index contributed by atoms with van der Waals surface area (Å²) in [6, 6.07) is 0. The summed E-state index contributed by atoms with van der Waals surface area (Å²) in [4.78, 5) is 0. The lowest BCUT2D eigenvalue weighted by Gasteiger charge is -2.38. The van der Waals surface area contributed by atoms with Crippen molar-refractivity contribution in [2.75, 3.05) is 6.61 Å². The summed E-state index contributed by atoms with van der Waals surface area (Å²) in [7, 11) is 0. The van der Waals surface area contributed by atoms with Gasteiger partial charge in [0.1, 0.15) is 0 Å². The molecule has 2 rings (SSSR count). The van der Waals surface area contributed by atoms with Crippen molar-refractivity contribution in [1.29, 1.82) is 0 Å². The Balaban J connectivity index is 1.87. The Labute approximate surface area is 164 Å². The zero-order valence-electron chi connectivity index (χ0n) is 17.5. The van der Waals surface area contributed by atoms with Gasteiger partial charge in [-0.1, -0.05) is 39.2 Å². The van der Waals surface area contributed by atoms with Crippen LogP contribution in [0.2, 0.25) is 0 Å². The average Bonchev–Trinajstić information content (AvgIpc) is 2.71. The molecule has 0 spiro atoms. The Morgan fingerprint density at radius 3 is 1.96 bits per heavy atom. The molecule has 2 aliphatic carbocycles. The van der Waals surface area contributed by atoms with Crippen molar-refractivity contribution in [3.63, 3.8) is 0 Å². The first-order valence-corrected chi connectivity index (χ1v) is 11.1. The summed E-state index contributed by atoms with van der Waals surface area (Å²) < 4.78 is 34.1. The van der Waals surface area contributed by atoms with Gasteiger partial charge in [-0.3, -0.25) is 0 Å². The van der Waals surface area contributed by atoms with Gasteiger partial charge in [-0.15, -0.1) is 0 Å². The lowest BCUT2D eigenvalue weighted by atomic mass is 9.68. The van der Waals surface area contributed by atoms with Crippen LogP contribution in [-0.4, -0.2) is 6.61 Å². The summed E-state index contributed by atoms with van der Waals surface area (Å²) in [5, 5.41) is 0. The van der Waals surface area contributed by atoms with Crippen molar-refractivity contribution in [2.45, 2.75) is 85.0 Å². The van der Waals surface area contributed by atoms with Gasteiger partial charge in [0.25, 0.3) is 0 Å². The van der Waals surface area contributed by atoms with Crippen LogP contribution in [-0.2, 0) is 4.74 Å². The van der Waals surface area contributed by atoms with E-state index < -0.39 is 11.7 Å². The summed E-state index contributed by atoms with van der Waals surface area (Å²) in [6.45, 7) is 9.91. The Hall–Kier alpha value is -1.12. The molecular formula is C24H38F2O. The second kappa shape index (κ2) is 11.0. The van der Waals surface area contributed by atoms with Crippen LogP contribution in [0.5, 0.6) is 0 Å². The maximum absolute atomic E-state index is 14.6. The van der Waals surface area contributed by atoms with Gasteiger partial charge in [0.2, 0.25) is 5.83 Å².